The van der Waals surface area contributed by atoms with Crippen LogP contribution in [0, 0.1) is 10.1 Å². The molecule has 0 spiro atoms. The molecule has 1 saturated carbocycles. The molecule has 98 valence electrons. The summed E-state index contributed by atoms with van der Waals surface area (Å²) >= 11 is 3.27. The number of aromatic nitrogens is 1. The van der Waals surface area contributed by atoms with Crippen molar-refractivity contribution >= 4 is 27.3 Å². The van der Waals surface area contributed by atoms with Gasteiger partial charge in [0.05, 0.1) is 15.0 Å². The van der Waals surface area contributed by atoms with Crippen LogP contribution in [0.25, 0.3) is 0 Å². The number of hydrogen-bond donors (Lipinski definition) is 1. The zero-order valence-corrected chi connectivity index (χ0v) is 11.6. The largest absolute Gasteiger partial charge is 0.376 e. The third kappa shape index (κ3) is 2.46. The van der Waals surface area contributed by atoms with E-state index in [0.717, 1.165) is 19.3 Å². The summed E-state index contributed by atoms with van der Waals surface area (Å²) in [6.07, 6.45) is 5.87. The van der Waals surface area contributed by atoms with Gasteiger partial charge in [-0.1, -0.05) is 0 Å². The third-order valence-corrected chi connectivity index (χ3v) is 3.96. The van der Waals surface area contributed by atoms with E-state index >= 15 is 0 Å². The predicted octanol–water partition coefficient (Wildman–Crippen LogP) is 2.73. The van der Waals surface area contributed by atoms with E-state index in [1.807, 2.05) is 0 Å². The Kier molecular flexibility index (Phi) is 3.82. The van der Waals surface area contributed by atoms with Crippen LogP contribution in [0.3, 0.4) is 0 Å². The highest BCUT2D eigenvalue weighted by Gasteiger charge is 2.37. The van der Waals surface area contributed by atoms with E-state index in [1.54, 1.807) is 7.11 Å². The number of halogens is 1. The minimum Gasteiger partial charge on any atom is -0.376 e. The number of ether oxygens (including phenoxy) is 1. The molecule has 1 heterocycles. The maximum Gasteiger partial charge on any atom is 0.311 e. The first-order chi connectivity index (χ1) is 8.58. The lowest BCUT2D eigenvalue weighted by molar-refractivity contribution is -0.384. The normalized spacial score (nSPS) is 17.0. The highest BCUT2D eigenvalue weighted by molar-refractivity contribution is 9.10. The van der Waals surface area contributed by atoms with Crippen LogP contribution in [0.15, 0.2) is 16.9 Å². The van der Waals surface area contributed by atoms with Crippen LogP contribution in [0.1, 0.15) is 19.3 Å². The molecule has 1 aromatic rings. The molecule has 1 fully saturated rings. The van der Waals surface area contributed by atoms with Gasteiger partial charge in [0.25, 0.3) is 0 Å². The quantitative estimate of drug-likeness (QED) is 0.667. The Morgan fingerprint density at radius 3 is 2.83 bits per heavy atom. The fourth-order valence-corrected chi connectivity index (χ4v) is 2.47. The molecule has 0 radical (unpaired) electrons. The highest BCUT2D eigenvalue weighted by atomic mass is 79.9. The van der Waals surface area contributed by atoms with Crippen LogP contribution in [0.2, 0.25) is 0 Å². The van der Waals surface area contributed by atoms with E-state index in [-0.39, 0.29) is 11.3 Å². The topological polar surface area (TPSA) is 77.3 Å². The van der Waals surface area contributed by atoms with Gasteiger partial charge < -0.3 is 10.1 Å². The molecule has 1 aromatic heterocycles. The van der Waals surface area contributed by atoms with E-state index in [4.69, 9.17) is 4.74 Å². The molecule has 0 bridgehead atoms. The predicted molar refractivity (Wildman–Crippen MR) is 70.7 cm³/mol. The Bertz CT molecular complexity index is 457. The Balaban J connectivity index is 2.15. The van der Waals surface area contributed by atoms with Crippen molar-refractivity contribution in [3.05, 3.63) is 27.0 Å². The lowest BCUT2D eigenvalue weighted by atomic mass is 9.80. The van der Waals surface area contributed by atoms with Crippen molar-refractivity contribution in [2.45, 2.75) is 24.9 Å². The van der Waals surface area contributed by atoms with Gasteiger partial charge in [0.2, 0.25) is 0 Å². The molecule has 0 aliphatic heterocycles. The second-order valence-electron chi connectivity index (χ2n) is 4.37. The minimum absolute atomic E-state index is 0.0325. The molecule has 1 aliphatic rings. The average Bonchev–Trinajstić information content (AvgIpc) is 2.29. The van der Waals surface area contributed by atoms with Gasteiger partial charge >= 0.3 is 5.69 Å². The van der Waals surface area contributed by atoms with Gasteiger partial charge in [0.15, 0.2) is 0 Å². The summed E-state index contributed by atoms with van der Waals surface area (Å²) in [4.78, 5) is 14.3. The molecular weight excluding hydrogens is 302 g/mol. The summed E-state index contributed by atoms with van der Waals surface area (Å²) in [7, 11) is 1.68. The Labute approximate surface area is 113 Å². The molecule has 0 atom stereocenters. The van der Waals surface area contributed by atoms with Gasteiger partial charge in [-0.3, -0.25) is 15.1 Å². The minimum atomic E-state index is -0.444. The number of pyridine rings is 1. The average molecular weight is 316 g/mol. The Hall–Kier alpha value is -1.21. The lowest BCUT2D eigenvalue weighted by Gasteiger charge is -2.40. The van der Waals surface area contributed by atoms with Crippen molar-refractivity contribution < 1.29 is 9.66 Å². The Morgan fingerprint density at radius 2 is 2.33 bits per heavy atom. The number of hydrogen-bond acceptors (Lipinski definition) is 5. The standard InChI is InChI=1S/C11H14BrN3O3/c1-18-11(3-2-4-11)7-14-10-8(12)5-13-6-9(10)15(16)17/h5-6H,2-4,7H2,1H3,(H,13,14). The van der Waals surface area contributed by atoms with E-state index in [9.17, 15) is 10.1 Å². The molecule has 0 saturated heterocycles. The molecule has 1 N–H and O–H groups in total. The monoisotopic (exact) mass is 315 g/mol. The van der Waals surface area contributed by atoms with Crippen molar-refractivity contribution in [1.82, 2.24) is 4.98 Å². The summed E-state index contributed by atoms with van der Waals surface area (Å²) < 4.78 is 6.06. The van der Waals surface area contributed by atoms with Gasteiger partial charge in [-0.2, -0.15) is 0 Å². The molecule has 6 nitrogen and oxygen atoms in total. The molecule has 0 amide bonds. The molecular formula is C11H14BrN3O3. The molecule has 0 aromatic carbocycles. The van der Waals surface area contributed by atoms with E-state index in [2.05, 4.69) is 26.2 Å². The van der Waals surface area contributed by atoms with E-state index < -0.39 is 4.92 Å². The second-order valence-corrected chi connectivity index (χ2v) is 5.22. The van der Waals surface area contributed by atoms with Gasteiger partial charge in [-0.15, -0.1) is 0 Å². The van der Waals surface area contributed by atoms with Crippen LogP contribution < -0.4 is 5.32 Å². The summed E-state index contributed by atoms with van der Waals surface area (Å²) in [6, 6.07) is 0. The van der Waals surface area contributed by atoms with Crippen LogP contribution in [0.5, 0.6) is 0 Å². The molecule has 18 heavy (non-hydrogen) atoms. The SMILES string of the molecule is COC1(CNc2c(Br)cncc2[N+](=O)[O-])CCC1. The fourth-order valence-electron chi connectivity index (χ4n) is 2.01. The molecule has 2 rings (SSSR count). The molecule has 7 heteroatoms. The van der Waals surface area contributed by atoms with Crippen molar-refractivity contribution in [3.8, 4) is 0 Å². The second kappa shape index (κ2) is 5.19. The number of methoxy groups -OCH3 is 1. The van der Waals surface area contributed by atoms with Gasteiger partial charge in [0, 0.05) is 19.9 Å². The zero-order valence-electron chi connectivity index (χ0n) is 9.98. The van der Waals surface area contributed by atoms with Crippen LogP contribution in [-0.2, 0) is 4.74 Å². The zero-order chi connectivity index (χ0) is 13.2. The number of rotatable bonds is 5. The van der Waals surface area contributed by atoms with Crippen molar-refractivity contribution in [2.75, 3.05) is 19.0 Å². The first kappa shape index (κ1) is 13.2. The summed E-state index contributed by atoms with van der Waals surface area (Å²) in [6.45, 7) is 0.562. The lowest BCUT2D eigenvalue weighted by Crippen LogP contribution is -2.45. The van der Waals surface area contributed by atoms with Gasteiger partial charge in [-0.25, -0.2) is 0 Å². The van der Waals surface area contributed by atoms with Crippen molar-refractivity contribution in [3.63, 3.8) is 0 Å². The van der Waals surface area contributed by atoms with Gasteiger partial charge in [0.1, 0.15) is 11.9 Å². The third-order valence-electron chi connectivity index (χ3n) is 3.36. The van der Waals surface area contributed by atoms with E-state index in [1.165, 1.54) is 12.4 Å². The molecule has 0 unspecified atom stereocenters. The van der Waals surface area contributed by atoms with E-state index in [0.29, 0.717) is 16.7 Å². The maximum absolute atomic E-state index is 10.9. The Morgan fingerprint density at radius 1 is 1.61 bits per heavy atom. The van der Waals surface area contributed by atoms with Gasteiger partial charge in [-0.05, 0) is 35.2 Å². The first-order valence-corrected chi connectivity index (χ1v) is 6.44. The number of nitro groups is 1. The molecule has 1 aliphatic carbocycles. The van der Waals surface area contributed by atoms with Crippen LogP contribution in [-0.4, -0.2) is 29.2 Å². The van der Waals surface area contributed by atoms with Crippen molar-refractivity contribution in [1.29, 1.82) is 0 Å². The first-order valence-electron chi connectivity index (χ1n) is 5.65. The summed E-state index contributed by atoms with van der Waals surface area (Å²) in [5.74, 6) is 0. The fraction of sp³-hybridized carbons (Fsp3) is 0.545. The smallest absolute Gasteiger partial charge is 0.311 e. The van der Waals surface area contributed by atoms with Crippen LogP contribution in [0.4, 0.5) is 11.4 Å². The van der Waals surface area contributed by atoms with Crippen LogP contribution >= 0.6 is 15.9 Å². The maximum atomic E-state index is 10.9. The highest BCUT2D eigenvalue weighted by Crippen LogP contribution is 2.37. The number of anilines is 1. The number of nitrogens with zero attached hydrogens (tertiary/aromatic N) is 2. The van der Waals surface area contributed by atoms with Crippen molar-refractivity contribution in [2.24, 2.45) is 0 Å². The summed E-state index contributed by atoms with van der Waals surface area (Å²) in [5, 5.41) is 14.0. The summed E-state index contributed by atoms with van der Waals surface area (Å²) in [5.41, 5.74) is 0.240. The number of nitrogens with one attached hydrogen (secondary N) is 1.